The highest BCUT2D eigenvalue weighted by atomic mass is 35.5. The summed E-state index contributed by atoms with van der Waals surface area (Å²) < 4.78 is 40.4. The van der Waals surface area contributed by atoms with Crippen LogP contribution in [-0.2, 0) is 6.18 Å². The molecule has 0 atom stereocenters. The van der Waals surface area contributed by atoms with Crippen LogP contribution in [0.1, 0.15) is 16.1 Å². The second-order valence-corrected chi connectivity index (χ2v) is 6.11. The van der Waals surface area contributed by atoms with E-state index >= 15 is 0 Å². The third kappa shape index (κ3) is 3.18. The number of aromatic nitrogens is 5. The van der Waals surface area contributed by atoms with Crippen LogP contribution in [0.3, 0.4) is 0 Å². The first-order valence-electron chi connectivity index (χ1n) is 7.84. The Labute approximate surface area is 160 Å². The number of benzene rings is 1. The molecular weight excluding hydrogens is 397 g/mol. The van der Waals surface area contributed by atoms with Crippen LogP contribution in [0, 0.1) is 0 Å². The molecule has 4 aromatic rings. The number of alkyl halides is 3. The molecule has 1 amide bonds. The van der Waals surface area contributed by atoms with Crippen molar-refractivity contribution >= 4 is 34.5 Å². The van der Waals surface area contributed by atoms with Crippen molar-refractivity contribution in [3.63, 3.8) is 0 Å². The fraction of sp³-hybridized carbons (Fsp3) is 0.0588. The molecule has 0 unspecified atom stereocenters. The maximum atomic E-state index is 13.0. The van der Waals surface area contributed by atoms with E-state index in [9.17, 15) is 18.0 Å². The van der Waals surface area contributed by atoms with Crippen molar-refractivity contribution in [3.05, 3.63) is 65.5 Å². The van der Waals surface area contributed by atoms with Crippen molar-refractivity contribution < 1.29 is 18.0 Å². The van der Waals surface area contributed by atoms with Crippen LogP contribution in [0.5, 0.6) is 0 Å². The van der Waals surface area contributed by atoms with Crippen LogP contribution in [-0.4, -0.2) is 30.4 Å². The molecule has 0 aliphatic carbocycles. The fourth-order valence-corrected chi connectivity index (χ4v) is 2.89. The zero-order chi connectivity index (χ0) is 19.9. The van der Waals surface area contributed by atoms with Crippen LogP contribution in [0.4, 0.5) is 19.0 Å². The van der Waals surface area contributed by atoms with E-state index in [4.69, 9.17) is 11.6 Å². The number of anilines is 1. The number of imidazole rings is 1. The molecular formula is C17H10ClF3N6O. The number of H-pyrrole nitrogens is 1. The van der Waals surface area contributed by atoms with Gasteiger partial charge in [-0.15, -0.1) is 0 Å². The lowest BCUT2D eigenvalue weighted by molar-refractivity contribution is -0.137. The predicted octanol–water partition coefficient (Wildman–Crippen LogP) is 4.07. The highest BCUT2D eigenvalue weighted by molar-refractivity contribution is 6.32. The van der Waals surface area contributed by atoms with Crippen LogP contribution in [0.15, 0.2) is 49.2 Å². The largest absolute Gasteiger partial charge is 0.416 e. The maximum Gasteiger partial charge on any atom is 0.416 e. The van der Waals surface area contributed by atoms with E-state index in [0.29, 0.717) is 11.2 Å². The molecule has 2 N–H and O–H groups in total. The summed E-state index contributed by atoms with van der Waals surface area (Å²) in [6.45, 7) is 0. The predicted molar refractivity (Wildman–Crippen MR) is 95.4 cm³/mol. The van der Waals surface area contributed by atoms with E-state index in [0.717, 1.165) is 18.2 Å². The number of amides is 1. The third-order valence-corrected chi connectivity index (χ3v) is 4.28. The number of hydrogen-bond acceptors (Lipinski definition) is 4. The highest BCUT2D eigenvalue weighted by Crippen LogP contribution is 2.33. The SMILES string of the molecule is O=C(Nc1ncnc2[nH]cnc12)c1cccn1-c1cc(C(F)(F)F)ccc1Cl. The molecule has 1 aromatic carbocycles. The summed E-state index contributed by atoms with van der Waals surface area (Å²) in [7, 11) is 0. The Morgan fingerprint density at radius 2 is 2.00 bits per heavy atom. The number of nitrogens with zero attached hydrogens (tertiary/aromatic N) is 4. The van der Waals surface area contributed by atoms with Gasteiger partial charge < -0.3 is 14.9 Å². The molecule has 0 fully saturated rings. The minimum Gasteiger partial charge on any atom is -0.329 e. The number of hydrogen-bond donors (Lipinski definition) is 2. The van der Waals surface area contributed by atoms with Crippen molar-refractivity contribution in [1.82, 2.24) is 24.5 Å². The second-order valence-electron chi connectivity index (χ2n) is 5.70. The Morgan fingerprint density at radius 3 is 2.79 bits per heavy atom. The van der Waals surface area contributed by atoms with Gasteiger partial charge in [0.2, 0.25) is 0 Å². The van der Waals surface area contributed by atoms with Crippen molar-refractivity contribution in [2.24, 2.45) is 0 Å². The normalized spacial score (nSPS) is 11.7. The van der Waals surface area contributed by atoms with E-state index in [-0.39, 0.29) is 22.2 Å². The third-order valence-electron chi connectivity index (χ3n) is 3.96. The molecule has 28 heavy (non-hydrogen) atoms. The Morgan fingerprint density at radius 1 is 1.18 bits per heavy atom. The molecule has 0 radical (unpaired) electrons. The van der Waals surface area contributed by atoms with E-state index in [1.54, 1.807) is 0 Å². The zero-order valence-electron chi connectivity index (χ0n) is 13.8. The number of carbonyl (C=O) groups is 1. The second kappa shape index (κ2) is 6.64. The summed E-state index contributed by atoms with van der Waals surface area (Å²) in [5.74, 6) is -0.430. The Hall–Kier alpha value is -3.40. The quantitative estimate of drug-likeness (QED) is 0.537. The van der Waals surface area contributed by atoms with Crippen molar-refractivity contribution in [3.8, 4) is 5.69 Å². The Balaban J connectivity index is 1.72. The van der Waals surface area contributed by atoms with Gasteiger partial charge in [0, 0.05) is 6.20 Å². The maximum absolute atomic E-state index is 13.0. The average molecular weight is 407 g/mol. The molecule has 7 nitrogen and oxygen atoms in total. The summed E-state index contributed by atoms with van der Waals surface area (Å²) >= 11 is 6.08. The first-order valence-corrected chi connectivity index (χ1v) is 8.22. The van der Waals surface area contributed by atoms with Crippen molar-refractivity contribution in [1.29, 1.82) is 0 Å². The van der Waals surface area contributed by atoms with E-state index < -0.39 is 17.6 Å². The molecule has 3 heterocycles. The van der Waals surface area contributed by atoms with E-state index in [2.05, 4.69) is 25.3 Å². The number of rotatable bonds is 3. The van der Waals surface area contributed by atoms with Crippen LogP contribution in [0.2, 0.25) is 5.02 Å². The summed E-state index contributed by atoms with van der Waals surface area (Å²) in [5.41, 5.74) is 0.0106. The van der Waals surface area contributed by atoms with E-state index in [1.165, 1.54) is 35.6 Å². The minimum absolute atomic E-state index is 0.0271. The highest BCUT2D eigenvalue weighted by Gasteiger charge is 2.31. The molecule has 4 rings (SSSR count). The molecule has 0 bridgehead atoms. The van der Waals surface area contributed by atoms with Gasteiger partial charge in [-0.3, -0.25) is 4.79 Å². The smallest absolute Gasteiger partial charge is 0.329 e. The van der Waals surface area contributed by atoms with Crippen molar-refractivity contribution in [2.75, 3.05) is 5.32 Å². The Bertz CT molecular complexity index is 1180. The fourth-order valence-electron chi connectivity index (χ4n) is 2.68. The van der Waals surface area contributed by atoms with Gasteiger partial charge in [-0.25, -0.2) is 15.0 Å². The first kappa shape index (κ1) is 18.0. The topological polar surface area (TPSA) is 88.5 Å². The number of carbonyl (C=O) groups excluding carboxylic acids is 1. The number of aromatic amines is 1. The number of nitrogens with one attached hydrogen (secondary N) is 2. The van der Waals surface area contributed by atoms with Gasteiger partial charge in [0.1, 0.15) is 12.0 Å². The zero-order valence-corrected chi connectivity index (χ0v) is 14.6. The molecule has 0 spiro atoms. The lowest BCUT2D eigenvalue weighted by Gasteiger charge is -2.14. The molecule has 11 heteroatoms. The standard InChI is InChI=1S/C17H10ClF3N6O/c18-10-4-3-9(17(19,20)21)6-12(10)27-5-1-2-11(27)16(28)26-15-13-14(23-7-22-13)24-8-25-15/h1-8H,(H2,22,23,24,25,26,28). The van der Waals surface area contributed by atoms with Gasteiger partial charge in [-0.2, -0.15) is 13.2 Å². The lowest BCUT2D eigenvalue weighted by Crippen LogP contribution is -2.17. The van der Waals surface area contributed by atoms with Gasteiger partial charge in [-0.1, -0.05) is 11.6 Å². The summed E-state index contributed by atoms with van der Waals surface area (Å²) in [6.07, 6.45) is -0.444. The summed E-state index contributed by atoms with van der Waals surface area (Å²) in [5, 5.41) is 2.65. The van der Waals surface area contributed by atoms with Crippen molar-refractivity contribution in [2.45, 2.75) is 6.18 Å². The van der Waals surface area contributed by atoms with Gasteiger partial charge in [-0.05, 0) is 30.3 Å². The monoisotopic (exact) mass is 406 g/mol. The van der Waals surface area contributed by atoms with Gasteiger partial charge in [0.25, 0.3) is 5.91 Å². The Kier molecular flexibility index (Phi) is 4.27. The first-order chi connectivity index (χ1) is 13.3. The van der Waals surface area contributed by atoms with Crippen LogP contribution < -0.4 is 5.32 Å². The van der Waals surface area contributed by atoms with Crippen LogP contribution in [0.25, 0.3) is 16.9 Å². The van der Waals surface area contributed by atoms with Gasteiger partial charge in [0.05, 0.1) is 22.6 Å². The minimum atomic E-state index is -4.54. The molecule has 0 saturated carbocycles. The summed E-state index contributed by atoms with van der Waals surface area (Å²) in [4.78, 5) is 27.5. The van der Waals surface area contributed by atoms with Gasteiger partial charge in [0.15, 0.2) is 17.0 Å². The lowest BCUT2D eigenvalue weighted by atomic mass is 10.2. The molecule has 0 saturated heterocycles. The van der Waals surface area contributed by atoms with Gasteiger partial charge >= 0.3 is 6.18 Å². The van der Waals surface area contributed by atoms with E-state index in [1.807, 2.05) is 0 Å². The number of fused-ring (bicyclic) bond motifs is 1. The molecule has 3 aromatic heterocycles. The average Bonchev–Trinajstić information content (AvgIpc) is 3.31. The summed E-state index contributed by atoms with van der Waals surface area (Å²) in [6, 6.07) is 5.88. The molecule has 0 aliphatic heterocycles. The molecule has 142 valence electrons. The number of halogens is 4. The van der Waals surface area contributed by atoms with Crippen LogP contribution >= 0.6 is 11.6 Å². The molecule has 0 aliphatic rings.